The third-order valence-corrected chi connectivity index (χ3v) is 6.75. The Kier molecular flexibility index (Phi) is 9.18. The number of likely N-dealkylation sites (tertiary alicyclic amines) is 1. The molecular formula is C31H40N2O. The summed E-state index contributed by atoms with van der Waals surface area (Å²) in [4.78, 5) is 5.28. The summed E-state index contributed by atoms with van der Waals surface area (Å²) in [6, 6.07) is 33.5. The van der Waals surface area contributed by atoms with Gasteiger partial charge in [-0.1, -0.05) is 92.7 Å². The monoisotopic (exact) mass is 456 g/mol. The van der Waals surface area contributed by atoms with Crippen LogP contribution < -0.4 is 4.90 Å². The lowest BCUT2D eigenvalue weighted by molar-refractivity contribution is 0.0562. The largest absolute Gasteiger partial charge is 0.379 e. The van der Waals surface area contributed by atoms with Crippen molar-refractivity contribution in [2.45, 2.75) is 45.2 Å². The van der Waals surface area contributed by atoms with E-state index in [0.717, 1.165) is 26.2 Å². The molecule has 3 aromatic rings. The molecule has 34 heavy (non-hydrogen) atoms. The number of benzene rings is 3. The molecule has 1 aliphatic rings. The van der Waals surface area contributed by atoms with Gasteiger partial charge in [-0.2, -0.15) is 0 Å². The van der Waals surface area contributed by atoms with E-state index in [-0.39, 0.29) is 6.04 Å². The number of nitrogens with zero attached hydrogens (tertiary/aromatic N) is 2. The molecule has 0 bridgehead atoms. The highest BCUT2D eigenvalue weighted by Gasteiger charge is 2.29. The van der Waals surface area contributed by atoms with Crippen LogP contribution in [-0.4, -0.2) is 43.8 Å². The maximum atomic E-state index is 6.24. The number of anilines is 1. The second-order valence-electron chi connectivity index (χ2n) is 9.93. The zero-order valence-corrected chi connectivity index (χ0v) is 20.9. The molecule has 3 heteroatoms. The van der Waals surface area contributed by atoms with E-state index in [2.05, 4.69) is 115 Å². The number of rotatable bonds is 12. The van der Waals surface area contributed by atoms with E-state index in [9.17, 15) is 0 Å². The molecule has 3 aromatic carbocycles. The molecule has 1 saturated heterocycles. The highest BCUT2D eigenvalue weighted by molar-refractivity contribution is 5.49. The fourth-order valence-corrected chi connectivity index (χ4v) is 5.00. The second-order valence-corrected chi connectivity index (χ2v) is 9.93. The predicted molar refractivity (Wildman–Crippen MR) is 143 cm³/mol. The maximum Gasteiger partial charge on any atom is 0.0639 e. The lowest BCUT2D eigenvalue weighted by Gasteiger charge is -2.39. The molecular weight excluding hydrogens is 416 g/mol. The van der Waals surface area contributed by atoms with Gasteiger partial charge in [0.15, 0.2) is 0 Å². The molecule has 0 saturated carbocycles. The summed E-state index contributed by atoms with van der Waals surface area (Å²) in [5.41, 5.74) is 4.00. The van der Waals surface area contributed by atoms with E-state index >= 15 is 0 Å². The van der Waals surface area contributed by atoms with Crippen LogP contribution in [0.5, 0.6) is 0 Å². The zero-order chi connectivity index (χ0) is 23.6. The molecule has 0 spiro atoms. The van der Waals surface area contributed by atoms with Crippen LogP contribution in [0.2, 0.25) is 0 Å². The maximum absolute atomic E-state index is 6.24. The van der Waals surface area contributed by atoms with Crippen LogP contribution >= 0.6 is 0 Å². The highest BCUT2D eigenvalue weighted by Crippen LogP contribution is 2.31. The van der Waals surface area contributed by atoms with Gasteiger partial charge in [0, 0.05) is 18.8 Å². The summed E-state index contributed by atoms with van der Waals surface area (Å²) < 4.78 is 6.24. The van der Waals surface area contributed by atoms with Gasteiger partial charge in [-0.25, -0.2) is 0 Å². The first-order valence-electron chi connectivity index (χ1n) is 12.9. The minimum Gasteiger partial charge on any atom is -0.379 e. The lowest BCUT2D eigenvalue weighted by atomic mass is 9.96. The number of hydrogen-bond donors (Lipinski definition) is 0. The quantitative estimate of drug-likeness (QED) is 0.305. The van der Waals surface area contributed by atoms with Crippen molar-refractivity contribution in [3.05, 3.63) is 102 Å². The Morgan fingerprint density at radius 1 is 0.765 bits per heavy atom. The van der Waals surface area contributed by atoms with Gasteiger partial charge in [0.2, 0.25) is 0 Å². The zero-order valence-electron chi connectivity index (χ0n) is 20.9. The fraction of sp³-hybridized carbons (Fsp3) is 0.419. The number of ether oxygens (including phenoxy) is 1. The van der Waals surface area contributed by atoms with Gasteiger partial charge in [0.05, 0.1) is 18.7 Å². The molecule has 2 atom stereocenters. The SMILES string of the molecule is CC(C)COCC(CN(c1ccccc1)C(Cc1ccccc1)c1ccccc1)N1CCCC1. The van der Waals surface area contributed by atoms with Crippen molar-refractivity contribution in [1.29, 1.82) is 0 Å². The molecule has 2 unspecified atom stereocenters. The van der Waals surface area contributed by atoms with Crippen molar-refractivity contribution in [2.24, 2.45) is 5.92 Å². The standard InChI is InChI=1S/C31H40N2O/c1-26(2)24-34-25-30(32-20-12-13-21-32)23-33(29-18-10-5-11-19-29)31(28-16-8-4-9-17-28)22-27-14-6-3-7-15-27/h3-11,14-19,26,30-31H,12-13,20-25H2,1-2H3. The van der Waals surface area contributed by atoms with Gasteiger partial charge < -0.3 is 9.64 Å². The summed E-state index contributed by atoms with van der Waals surface area (Å²) in [6.07, 6.45) is 3.55. The fourth-order valence-electron chi connectivity index (χ4n) is 5.00. The third kappa shape index (κ3) is 6.94. The van der Waals surface area contributed by atoms with Crippen LogP contribution in [0, 0.1) is 5.92 Å². The molecule has 1 heterocycles. The highest BCUT2D eigenvalue weighted by atomic mass is 16.5. The van der Waals surface area contributed by atoms with Crippen molar-refractivity contribution in [1.82, 2.24) is 4.90 Å². The Morgan fingerprint density at radius 2 is 1.35 bits per heavy atom. The molecule has 180 valence electrons. The molecule has 0 N–H and O–H groups in total. The Bertz CT molecular complexity index is 939. The molecule has 0 amide bonds. The summed E-state index contributed by atoms with van der Waals surface area (Å²) >= 11 is 0. The first kappa shape index (κ1) is 24.5. The van der Waals surface area contributed by atoms with Crippen LogP contribution in [0.25, 0.3) is 0 Å². The third-order valence-electron chi connectivity index (χ3n) is 6.75. The van der Waals surface area contributed by atoms with E-state index in [1.807, 2.05) is 0 Å². The normalized spacial score (nSPS) is 16.0. The lowest BCUT2D eigenvalue weighted by Crippen LogP contribution is -2.47. The van der Waals surface area contributed by atoms with Crippen LogP contribution in [0.4, 0.5) is 5.69 Å². The van der Waals surface area contributed by atoms with Gasteiger partial charge in [-0.15, -0.1) is 0 Å². The molecule has 1 aliphatic heterocycles. The van der Waals surface area contributed by atoms with Gasteiger partial charge in [0.1, 0.15) is 0 Å². The molecule has 0 radical (unpaired) electrons. The van der Waals surface area contributed by atoms with Crippen molar-refractivity contribution in [3.8, 4) is 0 Å². The molecule has 4 rings (SSSR count). The topological polar surface area (TPSA) is 15.7 Å². The molecule has 1 fully saturated rings. The molecule has 0 aromatic heterocycles. The first-order chi connectivity index (χ1) is 16.7. The van der Waals surface area contributed by atoms with Crippen molar-refractivity contribution in [2.75, 3.05) is 37.7 Å². The smallest absolute Gasteiger partial charge is 0.0639 e. The number of hydrogen-bond acceptors (Lipinski definition) is 3. The Balaban J connectivity index is 1.67. The molecule has 0 aliphatic carbocycles. The van der Waals surface area contributed by atoms with Crippen LogP contribution in [0.3, 0.4) is 0 Å². The van der Waals surface area contributed by atoms with Crippen LogP contribution in [-0.2, 0) is 11.2 Å². The molecule has 3 nitrogen and oxygen atoms in total. The van der Waals surface area contributed by atoms with Crippen molar-refractivity contribution < 1.29 is 4.74 Å². The van der Waals surface area contributed by atoms with Crippen LogP contribution in [0.15, 0.2) is 91.0 Å². The predicted octanol–water partition coefficient (Wildman–Crippen LogP) is 6.61. The van der Waals surface area contributed by atoms with Gasteiger partial charge in [-0.3, -0.25) is 4.90 Å². The van der Waals surface area contributed by atoms with E-state index in [0.29, 0.717) is 12.0 Å². The van der Waals surface area contributed by atoms with Crippen molar-refractivity contribution in [3.63, 3.8) is 0 Å². The summed E-state index contributed by atoms with van der Waals surface area (Å²) in [5.74, 6) is 0.555. The van der Waals surface area contributed by atoms with E-state index in [1.54, 1.807) is 0 Å². The first-order valence-corrected chi connectivity index (χ1v) is 12.9. The Labute approximate surface area is 206 Å². The Hall–Kier alpha value is -2.62. The Morgan fingerprint density at radius 3 is 1.97 bits per heavy atom. The van der Waals surface area contributed by atoms with Gasteiger partial charge >= 0.3 is 0 Å². The van der Waals surface area contributed by atoms with E-state index in [1.165, 1.54) is 42.7 Å². The second kappa shape index (κ2) is 12.7. The van der Waals surface area contributed by atoms with Gasteiger partial charge in [-0.05, 0) is 61.5 Å². The van der Waals surface area contributed by atoms with Gasteiger partial charge in [0.25, 0.3) is 0 Å². The van der Waals surface area contributed by atoms with Crippen molar-refractivity contribution >= 4 is 5.69 Å². The minimum atomic E-state index is 0.251. The minimum absolute atomic E-state index is 0.251. The van der Waals surface area contributed by atoms with E-state index in [4.69, 9.17) is 4.74 Å². The summed E-state index contributed by atoms with van der Waals surface area (Å²) in [6.45, 7) is 9.36. The number of para-hydroxylation sites is 1. The average Bonchev–Trinajstić information content (AvgIpc) is 3.41. The summed E-state index contributed by atoms with van der Waals surface area (Å²) in [7, 11) is 0. The summed E-state index contributed by atoms with van der Waals surface area (Å²) in [5, 5.41) is 0. The van der Waals surface area contributed by atoms with Crippen LogP contribution in [0.1, 0.15) is 43.9 Å². The average molecular weight is 457 g/mol. The van der Waals surface area contributed by atoms with E-state index < -0.39 is 0 Å².